The molecule has 0 spiro atoms. The van der Waals surface area contributed by atoms with Crippen LogP contribution in [0, 0.1) is 11.8 Å². The highest BCUT2D eigenvalue weighted by Crippen LogP contribution is 2.38. The molecule has 0 aromatic carbocycles. The molecule has 0 unspecified atom stereocenters. The number of thioether (sulfide) groups is 1. The van der Waals surface area contributed by atoms with Gasteiger partial charge in [0, 0.05) is 45.5 Å². The van der Waals surface area contributed by atoms with E-state index in [2.05, 4.69) is 15.1 Å². The Morgan fingerprint density at radius 2 is 2.00 bits per heavy atom. The molecule has 2 aromatic heterocycles. The average Bonchev–Trinajstić information content (AvgIpc) is 2.47. The lowest BCUT2D eigenvalue weighted by Crippen LogP contribution is -2.25. The van der Waals surface area contributed by atoms with Crippen LogP contribution in [-0.4, -0.2) is 20.6 Å². The van der Waals surface area contributed by atoms with Crippen LogP contribution in [0.5, 0.6) is 0 Å². The molecule has 0 atom stereocenters. The van der Waals surface area contributed by atoms with Gasteiger partial charge in [-0.2, -0.15) is 0 Å². The van der Waals surface area contributed by atoms with E-state index in [1.165, 1.54) is 11.8 Å². The number of nitrogens with zero attached hydrogens (tertiary/aromatic N) is 3. The summed E-state index contributed by atoms with van der Waals surface area (Å²) < 4.78 is -0.921. The van der Waals surface area contributed by atoms with Crippen molar-refractivity contribution in [3.63, 3.8) is 0 Å². The SMILES string of the molecule is Cc1ccc(-c2cnccc2SC(C)(C)C(=O)N=O)cn1. The fourth-order valence-corrected chi connectivity index (χ4v) is 2.83. The Morgan fingerprint density at radius 1 is 1.24 bits per heavy atom. The van der Waals surface area contributed by atoms with Gasteiger partial charge in [0.05, 0.1) is 4.75 Å². The molecular formula is C15H15N3O2S. The quantitative estimate of drug-likeness (QED) is 0.637. The van der Waals surface area contributed by atoms with E-state index in [1.54, 1.807) is 32.4 Å². The average molecular weight is 301 g/mol. The molecule has 6 heteroatoms. The van der Waals surface area contributed by atoms with Gasteiger partial charge in [-0.15, -0.1) is 16.7 Å². The van der Waals surface area contributed by atoms with Gasteiger partial charge in [-0.3, -0.25) is 14.8 Å². The van der Waals surface area contributed by atoms with Crippen molar-refractivity contribution in [1.82, 2.24) is 9.97 Å². The summed E-state index contributed by atoms with van der Waals surface area (Å²) in [5, 5.41) is 2.53. The lowest BCUT2D eigenvalue weighted by atomic mass is 10.1. The van der Waals surface area contributed by atoms with Gasteiger partial charge >= 0.3 is 5.91 Å². The van der Waals surface area contributed by atoms with Gasteiger partial charge in [0.2, 0.25) is 0 Å². The van der Waals surface area contributed by atoms with Crippen LogP contribution in [0.2, 0.25) is 0 Å². The second-order valence-electron chi connectivity index (χ2n) is 5.07. The molecule has 0 aliphatic rings. The first-order valence-corrected chi connectivity index (χ1v) is 7.19. The molecule has 0 radical (unpaired) electrons. The fourth-order valence-electron chi connectivity index (χ4n) is 1.74. The molecule has 2 rings (SSSR count). The number of carbonyl (C=O) groups is 1. The van der Waals surface area contributed by atoms with Crippen LogP contribution < -0.4 is 0 Å². The Balaban J connectivity index is 2.40. The van der Waals surface area contributed by atoms with Crippen molar-refractivity contribution >= 4 is 17.7 Å². The Kier molecular flexibility index (Phi) is 4.47. The molecule has 0 aliphatic heterocycles. The van der Waals surface area contributed by atoms with Crippen LogP contribution in [0.3, 0.4) is 0 Å². The van der Waals surface area contributed by atoms with Gasteiger partial charge in [-0.1, -0.05) is 6.07 Å². The van der Waals surface area contributed by atoms with Crippen molar-refractivity contribution in [3.05, 3.63) is 47.4 Å². The maximum atomic E-state index is 11.6. The van der Waals surface area contributed by atoms with Gasteiger partial charge in [0.25, 0.3) is 0 Å². The van der Waals surface area contributed by atoms with E-state index in [-0.39, 0.29) is 0 Å². The zero-order valence-corrected chi connectivity index (χ0v) is 12.8. The summed E-state index contributed by atoms with van der Waals surface area (Å²) in [4.78, 5) is 31.4. The minimum atomic E-state index is -0.921. The number of pyridine rings is 2. The Bertz CT molecular complexity index is 669. The lowest BCUT2D eigenvalue weighted by molar-refractivity contribution is -0.119. The van der Waals surface area contributed by atoms with Crippen LogP contribution in [-0.2, 0) is 4.79 Å². The first kappa shape index (κ1) is 15.3. The number of rotatable bonds is 4. The summed E-state index contributed by atoms with van der Waals surface area (Å²) in [6.45, 7) is 5.28. The molecule has 2 heterocycles. The molecule has 1 amide bonds. The number of hydrogen-bond acceptors (Lipinski definition) is 5. The van der Waals surface area contributed by atoms with Gasteiger partial charge in [0.15, 0.2) is 0 Å². The van der Waals surface area contributed by atoms with Gasteiger partial charge < -0.3 is 0 Å². The van der Waals surface area contributed by atoms with Crippen LogP contribution >= 0.6 is 11.8 Å². The molecular weight excluding hydrogens is 286 g/mol. The number of aromatic nitrogens is 2. The fraction of sp³-hybridized carbons (Fsp3) is 0.267. The van der Waals surface area contributed by atoms with Crippen molar-refractivity contribution < 1.29 is 4.79 Å². The number of hydrogen-bond donors (Lipinski definition) is 0. The smallest absolute Gasteiger partial charge is 0.267 e. The van der Waals surface area contributed by atoms with Crippen molar-refractivity contribution in [3.8, 4) is 11.1 Å². The number of aryl methyl sites for hydroxylation is 1. The first-order valence-electron chi connectivity index (χ1n) is 6.38. The highest BCUT2D eigenvalue weighted by Gasteiger charge is 2.31. The van der Waals surface area contributed by atoms with Crippen LogP contribution in [0.25, 0.3) is 11.1 Å². The molecule has 108 valence electrons. The molecule has 0 fully saturated rings. The van der Waals surface area contributed by atoms with Crippen molar-refractivity contribution in [2.75, 3.05) is 0 Å². The molecule has 0 saturated heterocycles. The molecule has 0 aliphatic carbocycles. The summed E-state index contributed by atoms with van der Waals surface area (Å²) in [5.41, 5.74) is 2.72. The van der Waals surface area contributed by atoms with E-state index in [9.17, 15) is 9.70 Å². The Labute approximate surface area is 127 Å². The lowest BCUT2D eigenvalue weighted by Gasteiger charge is -2.20. The van der Waals surface area contributed by atoms with Crippen molar-refractivity contribution in [2.24, 2.45) is 5.18 Å². The van der Waals surface area contributed by atoms with Gasteiger partial charge in [-0.25, -0.2) is 0 Å². The third-order valence-electron chi connectivity index (χ3n) is 2.97. The Hall–Kier alpha value is -2.08. The number of nitroso groups, excluding NO2 is 1. The van der Waals surface area contributed by atoms with Crippen LogP contribution in [0.15, 0.2) is 46.9 Å². The molecule has 21 heavy (non-hydrogen) atoms. The van der Waals surface area contributed by atoms with Crippen LogP contribution in [0.1, 0.15) is 19.5 Å². The predicted octanol–water partition coefficient (Wildman–Crippen LogP) is 3.62. The molecule has 0 N–H and O–H groups in total. The third kappa shape index (κ3) is 3.52. The normalized spacial score (nSPS) is 11.2. The molecule has 5 nitrogen and oxygen atoms in total. The standard InChI is InChI=1S/C15H15N3O2S/c1-10-4-5-11(8-17-10)12-9-16-7-6-13(12)21-15(2,3)14(19)18-20/h4-9H,1-3H3. The predicted molar refractivity (Wildman–Crippen MR) is 82.9 cm³/mol. The zero-order chi connectivity index (χ0) is 15.5. The van der Waals surface area contributed by atoms with E-state index in [0.29, 0.717) is 0 Å². The molecule has 0 bridgehead atoms. The minimum absolute atomic E-state index is 0.683. The first-order chi connectivity index (χ1) is 9.94. The van der Waals surface area contributed by atoms with E-state index in [0.717, 1.165) is 21.7 Å². The van der Waals surface area contributed by atoms with E-state index < -0.39 is 10.7 Å². The Morgan fingerprint density at radius 3 is 2.62 bits per heavy atom. The highest BCUT2D eigenvalue weighted by molar-refractivity contribution is 8.01. The third-order valence-corrected chi connectivity index (χ3v) is 4.23. The van der Waals surface area contributed by atoms with Gasteiger partial charge in [0.1, 0.15) is 0 Å². The maximum absolute atomic E-state index is 11.6. The summed E-state index contributed by atoms with van der Waals surface area (Å²) in [6.07, 6.45) is 5.15. The minimum Gasteiger partial charge on any atom is -0.267 e. The van der Waals surface area contributed by atoms with Crippen molar-refractivity contribution in [2.45, 2.75) is 30.4 Å². The number of carbonyl (C=O) groups excluding carboxylic acids is 1. The zero-order valence-electron chi connectivity index (χ0n) is 12.0. The van der Waals surface area contributed by atoms with Gasteiger partial charge in [-0.05, 0) is 32.9 Å². The topological polar surface area (TPSA) is 72.3 Å². The number of amides is 1. The summed E-state index contributed by atoms with van der Waals surface area (Å²) in [7, 11) is 0. The van der Waals surface area contributed by atoms with Crippen molar-refractivity contribution in [1.29, 1.82) is 0 Å². The highest BCUT2D eigenvalue weighted by atomic mass is 32.2. The monoisotopic (exact) mass is 301 g/mol. The van der Waals surface area contributed by atoms with Crippen LogP contribution in [0.4, 0.5) is 0 Å². The maximum Gasteiger partial charge on any atom is 0.302 e. The summed E-state index contributed by atoms with van der Waals surface area (Å²) in [5.74, 6) is -0.683. The summed E-state index contributed by atoms with van der Waals surface area (Å²) in [6, 6.07) is 5.69. The molecule has 0 saturated carbocycles. The van der Waals surface area contributed by atoms with E-state index in [4.69, 9.17) is 0 Å². The largest absolute Gasteiger partial charge is 0.302 e. The van der Waals surface area contributed by atoms with E-state index in [1.807, 2.05) is 25.1 Å². The van der Waals surface area contributed by atoms with E-state index >= 15 is 0 Å². The summed E-state index contributed by atoms with van der Waals surface area (Å²) >= 11 is 1.29. The molecule has 2 aromatic rings. The second kappa shape index (κ2) is 6.13. The second-order valence-corrected chi connectivity index (χ2v) is 6.73.